The van der Waals surface area contributed by atoms with Gasteiger partial charge in [-0.3, -0.25) is 9.59 Å². The quantitative estimate of drug-likeness (QED) is 0.884. The summed E-state index contributed by atoms with van der Waals surface area (Å²) in [5.41, 5.74) is 1.02. The molecule has 0 spiro atoms. The van der Waals surface area contributed by atoms with Gasteiger partial charge in [-0.15, -0.1) is 0 Å². The van der Waals surface area contributed by atoms with Crippen LogP contribution in [0.4, 0.5) is 0 Å². The van der Waals surface area contributed by atoms with Crippen LogP contribution in [0.25, 0.3) is 0 Å². The number of hydrogen-bond donors (Lipinski definition) is 2. The van der Waals surface area contributed by atoms with Crippen molar-refractivity contribution in [3.63, 3.8) is 0 Å². The van der Waals surface area contributed by atoms with E-state index in [4.69, 9.17) is 0 Å². The van der Waals surface area contributed by atoms with E-state index in [1.165, 1.54) is 0 Å². The van der Waals surface area contributed by atoms with Gasteiger partial charge in [0, 0.05) is 17.4 Å². The number of carbonyl (C=O) groups excluding carboxylic acids is 2. The van der Waals surface area contributed by atoms with Gasteiger partial charge in [0.2, 0.25) is 11.8 Å². The topological polar surface area (TPSA) is 58.2 Å². The molecule has 2 rings (SSSR count). The Morgan fingerprint density at radius 2 is 2.24 bits per heavy atom. The minimum atomic E-state index is -0.370. The number of nitrogens with one attached hydrogen (secondary N) is 2. The van der Waals surface area contributed by atoms with E-state index in [-0.39, 0.29) is 17.9 Å². The Balaban J connectivity index is 1.88. The van der Waals surface area contributed by atoms with Crippen LogP contribution in [0, 0.1) is 0 Å². The van der Waals surface area contributed by atoms with Gasteiger partial charge in [-0.05, 0) is 18.1 Å². The zero-order valence-electron chi connectivity index (χ0n) is 9.20. The predicted molar refractivity (Wildman–Crippen MR) is 67.2 cm³/mol. The highest BCUT2D eigenvalue weighted by atomic mass is 79.9. The first kappa shape index (κ1) is 12.1. The highest BCUT2D eigenvalue weighted by molar-refractivity contribution is 9.10. The van der Waals surface area contributed by atoms with E-state index in [0.717, 1.165) is 10.0 Å². The summed E-state index contributed by atoms with van der Waals surface area (Å²) in [4.78, 5) is 22.7. The minimum absolute atomic E-state index is 0.0500. The SMILES string of the molecule is O=C1CCC(C(=O)NCc2ccccc2Br)N1. The van der Waals surface area contributed by atoms with Crippen LogP contribution in [0.15, 0.2) is 28.7 Å². The maximum Gasteiger partial charge on any atom is 0.242 e. The molecular weight excluding hydrogens is 284 g/mol. The maximum atomic E-state index is 11.7. The van der Waals surface area contributed by atoms with E-state index in [9.17, 15) is 9.59 Å². The van der Waals surface area contributed by atoms with Gasteiger partial charge in [0.15, 0.2) is 0 Å². The Kier molecular flexibility index (Phi) is 3.78. The van der Waals surface area contributed by atoms with Crippen LogP contribution in [0.1, 0.15) is 18.4 Å². The second-order valence-corrected chi connectivity index (χ2v) is 4.82. The Morgan fingerprint density at radius 1 is 1.47 bits per heavy atom. The molecule has 0 aromatic heterocycles. The number of rotatable bonds is 3. The predicted octanol–water partition coefficient (Wildman–Crippen LogP) is 1.34. The standard InChI is InChI=1S/C12H13BrN2O2/c13-9-4-2-1-3-8(9)7-14-12(17)10-5-6-11(16)15-10/h1-4,10H,5-7H2,(H,14,17)(H,15,16). The fraction of sp³-hybridized carbons (Fsp3) is 0.333. The molecule has 2 amide bonds. The number of carbonyl (C=O) groups is 2. The summed E-state index contributed by atoms with van der Waals surface area (Å²) in [5.74, 6) is -0.169. The van der Waals surface area contributed by atoms with Crippen molar-refractivity contribution < 1.29 is 9.59 Å². The summed E-state index contributed by atoms with van der Waals surface area (Å²) in [5, 5.41) is 5.46. The van der Waals surface area contributed by atoms with Crippen molar-refractivity contribution in [3.05, 3.63) is 34.3 Å². The molecule has 2 N–H and O–H groups in total. The number of benzene rings is 1. The van der Waals surface area contributed by atoms with Crippen molar-refractivity contribution >= 4 is 27.7 Å². The van der Waals surface area contributed by atoms with Crippen molar-refractivity contribution in [1.82, 2.24) is 10.6 Å². The van der Waals surface area contributed by atoms with Crippen molar-refractivity contribution in [2.75, 3.05) is 0 Å². The van der Waals surface area contributed by atoms with E-state index >= 15 is 0 Å². The lowest BCUT2D eigenvalue weighted by Crippen LogP contribution is -2.41. The van der Waals surface area contributed by atoms with E-state index in [2.05, 4.69) is 26.6 Å². The van der Waals surface area contributed by atoms with Gasteiger partial charge in [0.25, 0.3) is 0 Å². The van der Waals surface area contributed by atoms with Crippen molar-refractivity contribution in [2.24, 2.45) is 0 Å². The first-order chi connectivity index (χ1) is 8.16. The summed E-state index contributed by atoms with van der Waals surface area (Å²) in [6.45, 7) is 0.465. The van der Waals surface area contributed by atoms with Crippen LogP contribution in [-0.2, 0) is 16.1 Å². The second-order valence-electron chi connectivity index (χ2n) is 3.97. The highest BCUT2D eigenvalue weighted by Gasteiger charge is 2.26. The van der Waals surface area contributed by atoms with E-state index in [0.29, 0.717) is 19.4 Å². The van der Waals surface area contributed by atoms with Gasteiger partial charge in [0.1, 0.15) is 6.04 Å². The minimum Gasteiger partial charge on any atom is -0.350 e. The van der Waals surface area contributed by atoms with Crippen molar-refractivity contribution in [3.8, 4) is 0 Å². The van der Waals surface area contributed by atoms with Crippen molar-refractivity contribution in [1.29, 1.82) is 0 Å². The molecule has 0 bridgehead atoms. The molecule has 5 heteroatoms. The van der Waals surface area contributed by atoms with Gasteiger partial charge in [-0.2, -0.15) is 0 Å². The summed E-state index contributed by atoms with van der Waals surface area (Å²) in [6.07, 6.45) is 1.02. The average Bonchev–Trinajstić information content (AvgIpc) is 2.74. The van der Waals surface area contributed by atoms with Gasteiger partial charge in [-0.25, -0.2) is 0 Å². The van der Waals surface area contributed by atoms with Crippen LogP contribution in [0.2, 0.25) is 0 Å². The van der Waals surface area contributed by atoms with Gasteiger partial charge in [0.05, 0.1) is 0 Å². The Hall–Kier alpha value is -1.36. The highest BCUT2D eigenvalue weighted by Crippen LogP contribution is 2.15. The molecule has 1 unspecified atom stereocenters. The average molecular weight is 297 g/mol. The molecule has 17 heavy (non-hydrogen) atoms. The zero-order chi connectivity index (χ0) is 12.3. The molecule has 4 nitrogen and oxygen atoms in total. The van der Waals surface area contributed by atoms with Gasteiger partial charge >= 0.3 is 0 Å². The molecule has 1 aromatic rings. The summed E-state index contributed by atoms with van der Waals surface area (Å²) in [7, 11) is 0. The molecule has 0 aliphatic carbocycles. The molecule has 1 aliphatic rings. The molecule has 1 aromatic carbocycles. The molecule has 0 saturated carbocycles. The van der Waals surface area contributed by atoms with Gasteiger partial charge in [-0.1, -0.05) is 34.1 Å². The molecule has 1 atom stereocenters. The van der Waals surface area contributed by atoms with Crippen LogP contribution < -0.4 is 10.6 Å². The monoisotopic (exact) mass is 296 g/mol. The largest absolute Gasteiger partial charge is 0.350 e. The first-order valence-corrected chi connectivity index (χ1v) is 6.26. The van der Waals surface area contributed by atoms with Crippen LogP contribution in [0.3, 0.4) is 0 Å². The lowest BCUT2D eigenvalue weighted by atomic mass is 10.2. The van der Waals surface area contributed by atoms with Crippen LogP contribution >= 0.6 is 15.9 Å². The molecule has 1 heterocycles. The normalized spacial score (nSPS) is 18.9. The fourth-order valence-electron chi connectivity index (χ4n) is 1.76. The summed E-state index contributed by atoms with van der Waals surface area (Å²) >= 11 is 3.42. The Labute approximate surface area is 108 Å². The number of hydrogen-bond acceptors (Lipinski definition) is 2. The molecule has 1 aliphatic heterocycles. The lowest BCUT2D eigenvalue weighted by molar-refractivity contribution is -0.125. The maximum absolute atomic E-state index is 11.7. The molecule has 90 valence electrons. The first-order valence-electron chi connectivity index (χ1n) is 5.47. The second kappa shape index (κ2) is 5.31. The summed E-state index contributed by atoms with van der Waals surface area (Å²) in [6, 6.07) is 7.34. The van der Waals surface area contributed by atoms with E-state index < -0.39 is 0 Å². The van der Waals surface area contributed by atoms with E-state index in [1.807, 2.05) is 24.3 Å². The third kappa shape index (κ3) is 3.06. The van der Waals surface area contributed by atoms with Crippen LogP contribution in [-0.4, -0.2) is 17.9 Å². The Morgan fingerprint density at radius 3 is 2.88 bits per heavy atom. The lowest BCUT2D eigenvalue weighted by Gasteiger charge is -2.11. The molecular formula is C12H13BrN2O2. The van der Waals surface area contributed by atoms with Crippen LogP contribution in [0.5, 0.6) is 0 Å². The van der Waals surface area contributed by atoms with E-state index in [1.54, 1.807) is 0 Å². The molecule has 1 saturated heterocycles. The Bertz CT molecular complexity index is 448. The number of amides is 2. The molecule has 1 fully saturated rings. The summed E-state index contributed by atoms with van der Waals surface area (Å²) < 4.78 is 0.968. The zero-order valence-corrected chi connectivity index (χ0v) is 10.8. The fourth-order valence-corrected chi connectivity index (χ4v) is 2.18. The third-order valence-electron chi connectivity index (χ3n) is 2.72. The smallest absolute Gasteiger partial charge is 0.242 e. The van der Waals surface area contributed by atoms with Gasteiger partial charge < -0.3 is 10.6 Å². The van der Waals surface area contributed by atoms with Crippen molar-refractivity contribution in [2.45, 2.75) is 25.4 Å². The third-order valence-corrected chi connectivity index (χ3v) is 3.50. The molecule has 0 radical (unpaired) electrons. The number of halogens is 1.